The van der Waals surface area contributed by atoms with E-state index >= 15 is 0 Å². The summed E-state index contributed by atoms with van der Waals surface area (Å²) in [4.78, 5) is 107. The highest BCUT2D eigenvalue weighted by Crippen LogP contribution is 2.39. The summed E-state index contributed by atoms with van der Waals surface area (Å²) >= 11 is 0. The van der Waals surface area contributed by atoms with Gasteiger partial charge in [0, 0.05) is 118 Å². The number of aliphatic carboxylic acids is 4. The molecule has 4 aliphatic heterocycles. The van der Waals surface area contributed by atoms with Crippen molar-refractivity contribution < 1.29 is 95.3 Å². The average molecular weight is 2000 g/mol. The van der Waals surface area contributed by atoms with Crippen LogP contribution < -0.4 is 28.6 Å². The van der Waals surface area contributed by atoms with Gasteiger partial charge in [-0.05, 0) is 220 Å². The second-order valence-electron chi connectivity index (χ2n) is 37.0. The van der Waals surface area contributed by atoms with Gasteiger partial charge in [0.15, 0.2) is 0 Å². The maximum Gasteiger partial charge on any atom is 0.415 e. The van der Waals surface area contributed by atoms with Gasteiger partial charge in [0.2, 0.25) is 29.5 Å². The molecule has 19 rings (SSSR count). The summed E-state index contributed by atoms with van der Waals surface area (Å²) in [5.41, 5.74) is 14.7. The number of aromatic nitrogens is 6. The van der Waals surface area contributed by atoms with Crippen LogP contribution in [-0.4, -0.2) is 180 Å². The van der Waals surface area contributed by atoms with E-state index in [1.54, 1.807) is 35.4 Å². The van der Waals surface area contributed by atoms with E-state index in [0.29, 0.717) is 149 Å². The molecule has 0 unspecified atom stereocenters. The number of benzene rings is 10. The highest BCUT2D eigenvalue weighted by Gasteiger charge is 2.43. The molecular weight excluding hydrogens is 1880 g/mol. The third-order valence-corrected chi connectivity index (χ3v) is 26.5. The molecule has 4 N–H and O–H groups in total. The first-order chi connectivity index (χ1) is 71.9. The van der Waals surface area contributed by atoms with Crippen molar-refractivity contribution in [3.05, 3.63) is 376 Å². The van der Waals surface area contributed by atoms with Crippen LogP contribution in [0.5, 0.6) is 28.7 Å². The Morgan fingerprint density at radius 3 is 1.26 bits per heavy atom. The van der Waals surface area contributed by atoms with Crippen LogP contribution in [0.2, 0.25) is 0 Å². The minimum atomic E-state index is -0.924. The molecule has 0 radical (unpaired) electrons. The van der Waals surface area contributed by atoms with Crippen LogP contribution >= 0.6 is 0 Å². The van der Waals surface area contributed by atoms with Crippen LogP contribution in [0, 0.1) is 64.2 Å². The van der Waals surface area contributed by atoms with E-state index in [1.165, 1.54) is 10.5 Å². The largest absolute Gasteiger partial charge is 0.493 e. The summed E-state index contributed by atoms with van der Waals surface area (Å²) in [5.74, 6) is 4.19. The number of anilines is 1. The molecule has 10 aromatic carbocycles. The summed E-state index contributed by atoms with van der Waals surface area (Å²) in [6, 6.07) is 90.8. The number of carboxylic acid groups (broad SMARTS) is 4. The van der Waals surface area contributed by atoms with E-state index in [1.807, 2.05) is 295 Å². The lowest BCUT2D eigenvalue weighted by Crippen LogP contribution is -2.32. The van der Waals surface area contributed by atoms with Crippen molar-refractivity contribution >= 4 is 47.6 Å². The van der Waals surface area contributed by atoms with E-state index in [0.717, 1.165) is 133 Å². The number of hydrogen-bond donors (Lipinski definition) is 4. The van der Waals surface area contributed by atoms with Crippen molar-refractivity contribution in [2.75, 3.05) is 83.7 Å². The topological polar surface area (TPSA) is 382 Å². The third-order valence-electron chi connectivity index (χ3n) is 26.5. The fourth-order valence-electron chi connectivity index (χ4n) is 18.5. The van der Waals surface area contributed by atoms with Gasteiger partial charge in [-0.3, -0.25) is 29.0 Å². The van der Waals surface area contributed by atoms with Gasteiger partial charge in [-0.2, -0.15) is 0 Å². The summed E-state index contributed by atoms with van der Waals surface area (Å²) in [5, 5.41) is 38.8. The van der Waals surface area contributed by atoms with E-state index in [-0.39, 0.29) is 43.9 Å². The summed E-state index contributed by atoms with van der Waals surface area (Å²) in [7, 11) is 0. The third kappa shape index (κ3) is 28.5. The highest BCUT2D eigenvalue weighted by molar-refractivity contribution is 5.84. The van der Waals surface area contributed by atoms with Gasteiger partial charge < -0.3 is 76.3 Å². The molecule has 762 valence electrons. The van der Waals surface area contributed by atoms with Crippen LogP contribution in [0.1, 0.15) is 111 Å². The summed E-state index contributed by atoms with van der Waals surface area (Å²) < 4.78 is 57.8. The number of hydrogen-bond acceptors (Lipinski definition) is 24. The second-order valence-corrected chi connectivity index (χ2v) is 37.0. The molecule has 148 heavy (non-hydrogen) atoms. The average Bonchev–Trinajstić information content (AvgIpc) is 1.70. The number of carbonyl (C=O) groups is 6. The lowest BCUT2D eigenvalue weighted by Gasteiger charge is -2.17. The smallest absolute Gasteiger partial charge is 0.415 e. The standard InChI is InChI=1S/C30H28N2O6.C30H30N2O4.C29H30N4O4.C29H32N2O6/c1-20-27(31-28(37-20)22-8-4-2-5-9-22)19-36-24-14-12-21(13-15-24)16-23-17-32(18-26(23)29(33)34)30(35)38-25-10-6-3-7-11-25;1-21-28(31-29(36-21)24-10-6-3-7-11-24)16-17-35-25-14-12-23(13-15-25)26-19-32(20-27(26)30(33)34)18-22-8-4-2-5-9-22;1-19-12-14-30-29(31-19)33-17-23(25(18-33)28(34)35)16-21-8-10-24(11-9-21)36-15-13-26-20(2)37-27(32-26)22-6-4-3-5-7-22;1-3-4-15-36-29(34)31-18-23(17-27(32)33)25(19-31)21-10-12-24(13-11-21)35-16-14-26-20(2)37-28(30-26)22-8-6-5-7-9-22/h2-15,23,26H,16-19H2,1H3,(H,33,34);2-15,26-27H,16-20H2,1H3,(H,33,34);3-12,14,23,25H,13,15-18H2,1-2H3,(H,34,35);5-13H,3-4,14-19H2,1-2H3,(H,32,33)/t23-,26+;26-,27-;23-,25+;/m101./s1. The summed E-state index contributed by atoms with van der Waals surface area (Å²) in [6.45, 7) is 17.6. The first kappa shape index (κ1) is 104. The van der Waals surface area contributed by atoms with Crippen LogP contribution in [0.25, 0.3) is 51.4 Å². The molecule has 30 heteroatoms. The molecule has 2 amide bonds. The Morgan fingerprint density at radius 2 is 0.804 bits per heavy atom. The van der Waals surface area contributed by atoms with Crippen LogP contribution in [0.4, 0.5) is 15.5 Å². The molecule has 6 atom stereocenters. The zero-order chi connectivity index (χ0) is 103. The molecule has 30 nitrogen and oxygen atoms in total. The number of oxazole rings is 4. The van der Waals surface area contributed by atoms with Crippen LogP contribution in [0.15, 0.2) is 315 Å². The highest BCUT2D eigenvalue weighted by atomic mass is 16.6. The Balaban J connectivity index is 0.000000141. The van der Waals surface area contributed by atoms with Crippen LogP contribution in [-0.2, 0) is 69.2 Å². The minimum absolute atomic E-state index is 0.0256. The van der Waals surface area contributed by atoms with E-state index < -0.39 is 53.8 Å². The molecule has 5 aromatic heterocycles. The van der Waals surface area contributed by atoms with Crippen molar-refractivity contribution in [2.45, 2.75) is 112 Å². The second kappa shape index (κ2) is 50.7. The normalized spacial score (nSPS) is 16.2. The first-order valence-corrected chi connectivity index (χ1v) is 49.7. The predicted molar refractivity (Wildman–Crippen MR) is 557 cm³/mol. The Bertz CT molecular complexity index is 6930. The predicted octanol–water partition coefficient (Wildman–Crippen LogP) is 21.7. The molecule has 9 heterocycles. The van der Waals surface area contributed by atoms with E-state index in [2.05, 4.69) is 46.9 Å². The maximum atomic E-state index is 12.6. The molecule has 3 fully saturated rings. The lowest BCUT2D eigenvalue weighted by molar-refractivity contribution is -0.143. The van der Waals surface area contributed by atoms with Gasteiger partial charge in [-0.15, -0.1) is 0 Å². The first-order valence-electron chi connectivity index (χ1n) is 49.7. The van der Waals surface area contributed by atoms with E-state index in [4.69, 9.17) is 46.1 Å². The molecule has 3 saturated heterocycles. The van der Waals surface area contributed by atoms with Gasteiger partial charge in [0.1, 0.15) is 64.1 Å². The summed E-state index contributed by atoms with van der Waals surface area (Å²) in [6.07, 6.45) is 5.46. The molecular formula is C118H120N10O20. The van der Waals surface area contributed by atoms with Crippen molar-refractivity contribution in [2.24, 2.45) is 29.6 Å². The lowest BCUT2D eigenvalue weighted by atomic mass is 9.89. The number of aryl methyl sites for hydroxylation is 5. The molecule has 0 spiro atoms. The number of amides is 2. The number of para-hydroxylation sites is 1. The molecule has 0 saturated carbocycles. The fraction of sp³-hybridized carbons (Fsp3) is 0.288. The number of likely N-dealkylation sites (tertiary alicyclic amines) is 2. The van der Waals surface area contributed by atoms with Crippen molar-refractivity contribution in [3.8, 4) is 74.6 Å². The molecule has 0 aliphatic carbocycles. The number of carbonyl (C=O) groups excluding carboxylic acids is 2. The van der Waals surface area contributed by atoms with Gasteiger partial charge in [-0.25, -0.2) is 39.5 Å². The van der Waals surface area contributed by atoms with Gasteiger partial charge in [0.25, 0.3) is 0 Å². The quantitative estimate of drug-likeness (QED) is 0.0263. The van der Waals surface area contributed by atoms with Crippen molar-refractivity contribution in [3.63, 3.8) is 0 Å². The number of rotatable bonds is 37. The van der Waals surface area contributed by atoms with Crippen molar-refractivity contribution in [1.82, 2.24) is 44.6 Å². The van der Waals surface area contributed by atoms with Gasteiger partial charge >= 0.3 is 36.1 Å². The Morgan fingerprint density at radius 1 is 0.378 bits per heavy atom. The monoisotopic (exact) mass is 2000 g/mol. The number of unbranched alkanes of at least 4 members (excludes halogenated alkanes) is 1. The van der Waals surface area contributed by atoms with Crippen molar-refractivity contribution in [1.29, 1.82) is 0 Å². The SMILES string of the molecule is CCCCOC(=O)N1CC(CC(=O)O)=C(c2ccc(OCCc3nc(-c4ccccc4)oc3C)cc2)C1.Cc1ccnc(N2C[C@@H](Cc3ccc(OCCc4nc(-c5ccccc5)oc4C)cc3)[C@@H](C(=O)O)C2)n1.Cc1oc(-c2ccccc2)nc1CCOc1ccc([C@@H]2CN(Cc3ccccc3)C[C@@H]2C(=O)O)cc1.Cc1oc(-c2ccccc2)nc1COc1ccc(C[C@@H]2CN(C(=O)Oc3ccccc3)C[C@@H]2C(=O)O)cc1. The van der Waals surface area contributed by atoms with Crippen LogP contribution in [0.3, 0.4) is 0 Å². The van der Waals surface area contributed by atoms with Gasteiger partial charge in [0.05, 0.1) is 67.7 Å². The number of ether oxygens (including phenoxy) is 6. The molecule has 0 bridgehead atoms. The Labute approximate surface area is 858 Å². The number of carboxylic acids is 4. The molecule has 15 aromatic rings. The Kier molecular flexibility index (Phi) is 35.6. The number of nitrogens with zero attached hydrogens (tertiary/aromatic N) is 10. The zero-order valence-electron chi connectivity index (χ0n) is 83.5. The molecule has 4 aliphatic rings. The Hall–Kier alpha value is -16.8. The fourth-order valence-corrected chi connectivity index (χ4v) is 18.5. The minimum Gasteiger partial charge on any atom is -0.493 e. The van der Waals surface area contributed by atoms with Gasteiger partial charge in [-0.1, -0.05) is 183 Å². The zero-order valence-corrected chi connectivity index (χ0v) is 83.5. The maximum absolute atomic E-state index is 12.6. The van der Waals surface area contributed by atoms with E-state index in [9.17, 15) is 49.2 Å².